The molecule has 36 heavy (non-hydrogen) atoms. The monoisotopic (exact) mass is 493 g/mol. The molecule has 190 valence electrons. The van der Waals surface area contributed by atoms with Gasteiger partial charge in [0.25, 0.3) is 0 Å². The lowest BCUT2D eigenvalue weighted by atomic mass is 9.71. The van der Waals surface area contributed by atoms with Crippen molar-refractivity contribution in [1.29, 1.82) is 0 Å². The number of aromatic hydroxyl groups is 1. The van der Waals surface area contributed by atoms with Gasteiger partial charge < -0.3 is 29.4 Å². The Labute approximate surface area is 210 Å². The van der Waals surface area contributed by atoms with Gasteiger partial charge in [0.1, 0.15) is 12.4 Å². The Morgan fingerprint density at radius 2 is 1.78 bits per heavy atom. The van der Waals surface area contributed by atoms with Gasteiger partial charge in [-0.3, -0.25) is 4.79 Å². The van der Waals surface area contributed by atoms with Gasteiger partial charge in [-0.1, -0.05) is 18.2 Å². The number of hydrogen-bond acceptors (Lipinski definition) is 8. The first-order chi connectivity index (χ1) is 17.4. The second-order valence-corrected chi connectivity index (χ2v) is 8.86. The molecule has 0 saturated carbocycles. The van der Waals surface area contributed by atoms with E-state index in [2.05, 4.69) is 5.32 Å². The molecule has 1 aliphatic carbocycles. The average Bonchev–Trinajstić information content (AvgIpc) is 2.87. The Hall–Kier alpha value is -3.78. The number of phenols is 1. The molecule has 8 heteroatoms. The number of allylic oxidation sites excluding steroid dienone is 3. The minimum Gasteiger partial charge on any atom is -0.508 e. The van der Waals surface area contributed by atoms with Crippen LogP contribution < -0.4 is 14.8 Å². The zero-order valence-corrected chi connectivity index (χ0v) is 20.9. The van der Waals surface area contributed by atoms with Crippen LogP contribution in [-0.4, -0.2) is 51.4 Å². The van der Waals surface area contributed by atoms with Crippen molar-refractivity contribution in [1.82, 2.24) is 5.32 Å². The molecule has 0 radical (unpaired) electrons. The predicted octanol–water partition coefficient (Wildman–Crippen LogP) is 3.96. The molecule has 8 nitrogen and oxygen atoms in total. The minimum atomic E-state index is -0.651. The normalized spacial score (nSPS) is 19.5. The fourth-order valence-corrected chi connectivity index (χ4v) is 4.99. The molecule has 4 rings (SSSR count). The molecule has 0 saturated heterocycles. The number of methoxy groups -OCH3 is 3. The van der Waals surface area contributed by atoms with Gasteiger partial charge in [0, 0.05) is 36.4 Å². The van der Waals surface area contributed by atoms with Crippen molar-refractivity contribution in [3.8, 4) is 17.2 Å². The molecule has 0 aromatic heterocycles. The molecule has 0 bridgehead atoms. The molecule has 1 aliphatic heterocycles. The number of phenolic OH excluding ortho intramolecular Hbond substituents is 1. The molecule has 0 spiro atoms. The molecule has 1 heterocycles. The summed E-state index contributed by atoms with van der Waals surface area (Å²) in [6, 6.07) is 12.3. The largest absolute Gasteiger partial charge is 0.508 e. The van der Waals surface area contributed by atoms with E-state index in [9.17, 15) is 14.7 Å². The van der Waals surface area contributed by atoms with Crippen LogP contribution in [0, 0.1) is 0 Å². The Kier molecular flexibility index (Phi) is 7.64. The first-order valence-corrected chi connectivity index (χ1v) is 11.8. The number of rotatable bonds is 8. The molecule has 2 aromatic rings. The van der Waals surface area contributed by atoms with Crippen molar-refractivity contribution >= 4 is 11.8 Å². The van der Waals surface area contributed by atoms with E-state index in [0.29, 0.717) is 40.3 Å². The molecule has 2 aromatic carbocycles. The topological polar surface area (TPSA) is 103 Å². The van der Waals surface area contributed by atoms with E-state index in [-0.39, 0.29) is 37.1 Å². The molecule has 0 fully saturated rings. The Morgan fingerprint density at radius 1 is 1.00 bits per heavy atom. The van der Waals surface area contributed by atoms with Crippen LogP contribution in [0.3, 0.4) is 0 Å². The van der Waals surface area contributed by atoms with Crippen LogP contribution in [0.15, 0.2) is 65.0 Å². The fourth-order valence-electron chi connectivity index (χ4n) is 4.99. The highest BCUT2D eigenvalue weighted by atomic mass is 16.6. The molecule has 0 amide bonds. The van der Waals surface area contributed by atoms with Crippen LogP contribution >= 0.6 is 0 Å². The van der Waals surface area contributed by atoms with Gasteiger partial charge in [0.15, 0.2) is 17.3 Å². The third-order valence-corrected chi connectivity index (χ3v) is 6.65. The molecule has 2 aliphatic rings. The van der Waals surface area contributed by atoms with E-state index < -0.39 is 11.9 Å². The second-order valence-electron chi connectivity index (χ2n) is 8.86. The maximum absolute atomic E-state index is 13.7. The Bertz CT molecular complexity index is 1230. The lowest BCUT2D eigenvalue weighted by molar-refractivity contribution is -0.140. The zero-order chi connectivity index (χ0) is 25.8. The van der Waals surface area contributed by atoms with Gasteiger partial charge in [-0.15, -0.1) is 0 Å². The highest BCUT2D eigenvalue weighted by Crippen LogP contribution is 2.46. The second kappa shape index (κ2) is 10.9. The number of carbonyl (C=O) groups excluding carboxylic acids is 2. The van der Waals surface area contributed by atoms with Gasteiger partial charge >= 0.3 is 5.97 Å². The maximum atomic E-state index is 13.7. The summed E-state index contributed by atoms with van der Waals surface area (Å²) in [6.45, 7) is 2.17. The first-order valence-electron chi connectivity index (χ1n) is 11.8. The maximum Gasteiger partial charge on any atom is 0.336 e. The van der Waals surface area contributed by atoms with Gasteiger partial charge in [0.05, 0.1) is 26.4 Å². The summed E-state index contributed by atoms with van der Waals surface area (Å²) in [5, 5.41) is 13.5. The average molecular weight is 494 g/mol. The van der Waals surface area contributed by atoms with Crippen LogP contribution in [0.2, 0.25) is 0 Å². The quantitative estimate of drug-likeness (QED) is 0.421. The van der Waals surface area contributed by atoms with Gasteiger partial charge in [0.2, 0.25) is 0 Å². The number of dihydropyridines is 1. The number of ketones is 1. The number of Topliss-reactive ketones (excluding diaryl/α,β-unsaturated/α-hetero) is 1. The van der Waals surface area contributed by atoms with E-state index in [1.165, 1.54) is 7.11 Å². The number of esters is 1. The van der Waals surface area contributed by atoms with E-state index in [0.717, 1.165) is 11.3 Å². The van der Waals surface area contributed by atoms with Gasteiger partial charge in [-0.05, 0) is 54.7 Å². The number of nitrogens with one attached hydrogen (secondary N) is 1. The Morgan fingerprint density at radius 3 is 2.47 bits per heavy atom. The van der Waals surface area contributed by atoms with Crippen molar-refractivity contribution in [2.24, 2.45) is 0 Å². The zero-order valence-electron chi connectivity index (χ0n) is 20.9. The van der Waals surface area contributed by atoms with Crippen molar-refractivity contribution < 1.29 is 33.6 Å². The van der Waals surface area contributed by atoms with Crippen LogP contribution in [0.4, 0.5) is 0 Å². The van der Waals surface area contributed by atoms with E-state index >= 15 is 0 Å². The van der Waals surface area contributed by atoms with Crippen LogP contribution in [-0.2, 0) is 19.1 Å². The summed E-state index contributed by atoms with van der Waals surface area (Å²) in [7, 11) is 4.69. The van der Waals surface area contributed by atoms with Gasteiger partial charge in [-0.2, -0.15) is 0 Å². The van der Waals surface area contributed by atoms with Crippen molar-refractivity contribution in [3.63, 3.8) is 0 Å². The highest BCUT2D eigenvalue weighted by molar-refractivity contribution is 6.04. The lowest BCUT2D eigenvalue weighted by Gasteiger charge is -2.36. The SMILES string of the molecule is COCCOC(=O)C1=C(C)NC2=C(C(=O)CC(c3ccc(OC)c(OC)c3)C2)C1c1cccc(O)c1. The molecular weight excluding hydrogens is 462 g/mol. The molecular formula is C28H31NO7. The predicted molar refractivity (Wildman–Crippen MR) is 133 cm³/mol. The van der Waals surface area contributed by atoms with Crippen LogP contribution in [0.5, 0.6) is 17.2 Å². The number of benzene rings is 2. The number of ether oxygens (including phenoxy) is 4. The van der Waals surface area contributed by atoms with Crippen LogP contribution in [0.1, 0.15) is 42.7 Å². The summed E-state index contributed by atoms with van der Waals surface area (Å²) in [4.78, 5) is 26.8. The standard InChI is InChI=1S/C28H31NO7/c1-16-25(28(32)36-11-10-33-2)26(18-6-5-7-20(30)12-18)27-21(29-16)13-19(14-22(27)31)17-8-9-23(34-3)24(15-17)35-4/h5-9,12,15,19,26,29-30H,10-11,13-14H2,1-4H3. The summed E-state index contributed by atoms with van der Waals surface area (Å²) in [6.07, 6.45) is 0.853. The summed E-state index contributed by atoms with van der Waals surface area (Å²) >= 11 is 0. The fraction of sp³-hybridized carbons (Fsp3) is 0.357. The minimum absolute atomic E-state index is 0.0596. The van der Waals surface area contributed by atoms with Crippen molar-refractivity contribution in [2.75, 3.05) is 34.5 Å². The highest BCUT2D eigenvalue weighted by Gasteiger charge is 2.41. The molecule has 2 N–H and O–H groups in total. The van der Waals surface area contributed by atoms with Crippen molar-refractivity contribution in [2.45, 2.75) is 31.6 Å². The molecule has 2 unspecified atom stereocenters. The van der Waals surface area contributed by atoms with E-state index in [4.69, 9.17) is 18.9 Å². The summed E-state index contributed by atoms with van der Waals surface area (Å²) < 4.78 is 21.2. The van der Waals surface area contributed by atoms with Crippen molar-refractivity contribution in [3.05, 3.63) is 76.1 Å². The smallest absolute Gasteiger partial charge is 0.336 e. The summed E-state index contributed by atoms with van der Waals surface area (Å²) in [5.74, 6) is -0.0200. The lowest BCUT2D eigenvalue weighted by Crippen LogP contribution is -2.36. The summed E-state index contributed by atoms with van der Waals surface area (Å²) in [5.41, 5.74) is 3.89. The third kappa shape index (κ3) is 4.95. The van der Waals surface area contributed by atoms with Crippen LogP contribution in [0.25, 0.3) is 0 Å². The van der Waals surface area contributed by atoms with E-state index in [1.807, 2.05) is 24.3 Å². The van der Waals surface area contributed by atoms with E-state index in [1.54, 1.807) is 39.3 Å². The first kappa shape index (κ1) is 25.3. The number of hydrogen-bond donors (Lipinski definition) is 2. The number of carbonyl (C=O) groups is 2. The van der Waals surface area contributed by atoms with Gasteiger partial charge in [-0.25, -0.2) is 4.79 Å². The molecule has 2 atom stereocenters. The Balaban J connectivity index is 1.74. The third-order valence-electron chi connectivity index (χ3n) is 6.65.